The Morgan fingerprint density at radius 1 is 1.22 bits per heavy atom. The topological polar surface area (TPSA) is 138 Å². The van der Waals surface area contributed by atoms with Crippen LogP contribution in [-0.4, -0.2) is 66.8 Å². The lowest BCUT2D eigenvalue weighted by atomic mass is 10.1. The molecule has 4 aromatic rings. The molecule has 1 aliphatic heterocycles. The summed E-state index contributed by atoms with van der Waals surface area (Å²) in [6, 6.07) is 1.95. The van der Waals surface area contributed by atoms with E-state index in [1.54, 1.807) is 17.0 Å². The van der Waals surface area contributed by atoms with Gasteiger partial charge in [0, 0.05) is 58.0 Å². The van der Waals surface area contributed by atoms with Crippen molar-refractivity contribution in [2.75, 3.05) is 38.2 Å². The van der Waals surface area contributed by atoms with Crippen LogP contribution in [0.25, 0.3) is 16.9 Å². The highest BCUT2D eigenvalue weighted by Crippen LogP contribution is 2.40. The Kier molecular flexibility index (Phi) is 7.86. The number of nitrogens with two attached hydrogens (primary N) is 1. The first-order valence-corrected chi connectivity index (χ1v) is 14.1. The summed E-state index contributed by atoms with van der Waals surface area (Å²) in [6.07, 6.45) is 12.6. The number of nitrogens with one attached hydrogen (secondary N) is 1. The minimum absolute atomic E-state index is 0.0896. The Labute approximate surface area is 241 Å². The van der Waals surface area contributed by atoms with Crippen LogP contribution in [0, 0.1) is 0 Å². The number of pyridine rings is 2. The molecule has 1 aliphatic carbocycles. The molecule has 1 saturated heterocycles. The van der Waals surface area contributed by atoms with Crippen LogP contribution in [0.2, 0.25) is 5.02 Å². The number of aromatic nitrogens is 6. The van der Waals surface area contributed by atoms with Crippen molar-refractivity contribution >= 4 is 40.2 Å². The van der Waals surface area contributed by atoms with Crippen molar-refractivity contribution in [3.8, 4) is 5.75 Å². The maximum Gasteiger partial charge on any atom is 0.274 e. The third kappa shape index (κ3) is 5.90. The zero-order valence-electron chi connectivity index (χ0n) is 22.8. The first-order chi connectivity index (χ1) is 20.0. The molecule has 1 saturated carbocycles. The van der Waals surface area contributed by atoms with Crippen LogP contribution in [0.3, 0.4) is 0 Å². The van der Waals surface area contributed by atoms with E-state index in [9.17, 15) is 4.79 Å². The summed E-state index contributed by atoms with van der Waals surface area (Å²) in [5, 5.41) is 3.56. The second-order valence-corrected chi connectivity index (χ2v) is 10.6. The lowest BCUT2D eigenvalue weighted by Crippen LogP contribution is -2.37. The van der Waals surface area contributed by atoms with E-state index in [2.05, 4.69) is 30.2 Å². The molecule has 12 nitrogen and oxygen atoms in total. The van der Waals surface area contributed by atoms with Crippen molar-refractivity contribution in [3.63, 3.8) is 0 Å². The van der Waals surface area contributed by atoms with Crippen LogP contribution in [0.1, 0.15) is 36.4 Å². The van der Waals surface area contributed by atoms with Crippen molar-refractivity contribution < 1.29 is 9.47 Å². The van der Waals surface area contributed by atoms with E-state index in [-0.39, 0.29) is 17.1 Å². The lowest BCUT2D eigenvalue weighted by molar-refractivity contribution is 0.0369. The Balaban J connectivity index is 1.25. The molecule has 41 heavy (non-hydrogen) atoms. The van der Waals surface area contributed by atoms with E-state index in [0.29, 0.717) is 46.0 Å². The number of aryl methyl sites for hydroxylation is 2. The normalized spacial score (nSPS) is 16.3. The molecule has 3 N–H and O–H groups in total. The van der Waals surface area contributed by atoms with E-state index in [1.165, 1.54) is 18.6 Å². The first-order valence-electron chi connectivity index (χ1n) is 13.7. The number of anilines is 2. The van der Waals surface area contributed by atoms with Gasteiger partial charge in [0.2, 0.25) is 5.95 Å². The monoisotopic (exact) mass is 577 g/mol. The quantitative estimate of drug-likeness (QED) is 0.270. The molecule has 13 heteroatoms. The zero-order chi connectivity index (χ0) is 28.3. The van der Waals surface area contributed by atoms with Gasteiger partial charge in [-0.05, 0) is 36.8 Å². The number of ether oxygens (including phenoxy) is 2. The van der Waals surface area contributed by atoms with Gasteiger partial charge >= 0.3 is 0 Å². The predicted molar refractivity (Wildman–Crippen MR) is 156 cm³/mol. The molecule has 0 bridgehead atoms. The number of imidazole rings is 1. The summed E-state index contributed by atoms with van der Waals surface area (Å²) in [5.74, 6) is 1.50. The highest BCUT2D eigenvalue weighted by atomic mass is 35.5. The van der Waals surface area contributed by atoms with Crippen molar-refractivity contribution in [2.24, 2.45) is 12.8 Å². The molecular formula is C28H32ClN9O3. The molecule has 0 radical (unpaired) electrons. The third-order valence-electron chi connectivity index (χ3n) is 7.37. The molecule has 2 aliphatic rings. The van der Waals surface area contributed by atoms with Crippen LogP contribution in [0.4, 0.5) is 11.6 Å². The molecule has 6 rings (SSSR count). The fourth-order valence-corrected chi connectivity index (χ4v) is 5.28. The largest absolute Gasteiger partial charge is 0.450 e. The minimum Gasteiger partial charge on any atom is -0.450 e. The molecule has 5 heterocycles. The Morgan fingerprint density at radius 2 is 2.05 bits per heavy atom. The molecule has 0 aromatic carbocycles. The lowest BCUT2D eigenvalue weighted by Gasteiger charge is -2.26. The molecule has 4 aromatic heterocycles. The van der Waals surface area contributed by atoms with Gasteiger partial charge in [-0.25, -0.2) is 9.97 Å². The maximum absolute atomic E-state index is 13.5. The maximum atomic E-state index is 13.5. The van der Waals surface area contributed by atoms with Crippen LogP contribution >= 0.6 is 11.6 Å². The second-order valence-electron chi connectivity index (χ2n) is 10.2. The number of hydrogen-bond acceptors (Lipinski definition) is 10. The fraction of sp³-hybridized carbons (Fsp3) is 0.393. The SMILES string of the molecule is Cn1c(Nc2cc(C3CC3)cn(CCCN3CCOCC3)c2=O)nc2ncc(O/C(=C/N)c3cnccn3)c(Cl)c21. The smallest absolute Gasteiger partial charge is 0.274 e. The zero-order valence-corrected chi connectivity index (χ0v) is 23.5. The van der Waals surface area contributed by atoms with Gasteiger partial charge in [0.25, 0.3) is 5.56 Å². The number of halogens is 1. The molecular weight excluding hydrogens is 546 g/mol. The Bertz CT molecular complexity index is 1630. The fourth-order valence-electron chi connectivity index (χ4n) is 4.98. The van der Waals surface area contributed by atoms with E-state index in [0.717, 1.165) is 57.7 Å². The first kappa shape index (κ1) is 27.2. The molecule has 0 amide bonds. The minimum atomic E-state index is -0.0896. The van der Waals surface area contributed by atoms with Crippen molar-refractivity contribution in [1.82, 2.24) is 34.0 Å². The Morgan fingerprint density at radius 3 is 2.78 bits per heavy atom. The van der Waals surface area contributed by atoms with E-state index in [4.69, 9.17) is 26.8 Å². The van der Waals surface area contributed by atoms with Gasteiger partial charge < -0.3 is 29.7 Å². The molecule has 0 spiro atoms. The van der Waals surface area contributed by atoms with Gasteiger partial charge in [-0.2, -0.15) is 4.98 Å². The number of morpholine rings is 1. The van der Waals surface area contributed by atoms with Gasteiger partial charge in [-0.15, -0.1) is 0 Å². The van der Waals surface area contributed by atoms with Crippen LogP contribution in [-0.2, 0) is 18.3 Å². The van der Waals surface area contributed by atoms with Gasteiger partial charge in [0.15, 0.2) is 17.2 Å². The van der Waals surface area contributed by atoms with E-state index in [1.807, 2.05) is 23.9 Å². The third-order valence-corrected chi connectivity index (χ3v) is 7.74. The van der Waals surface area contributed by atoms with E-state index < -0.39 is 0 Å². The summed E-state index contributed by atoms with van der Waals surface area (Å²) in [5.41, 5.74) is 8.74. The van der Waals surface area contributed by atoms with Gasteiger partial charge in [0.05, 0.1) is 25.6 Å². The van der Waals surface area contributed by atoms with Gasteiger partial charge in [-0.1, -0.05) is 11.6 Å². The average molecular weight is 578 g/mol. The molecule has 0 atom stereocenters. The van der Waals surface area contributed by atoms with Gasteiger partial charge in [-0.3, -0.25) is 14.7 Å². The van der Waals surface area contributed by atoms with Crippen LogP contribution in [0.15, 0.2) is 48.0 Å². The van der Waals surface area contributed by atoms with Crippen LogP contribution in [0.5, 0.6) is 5.75 Å². The summed E-state index contributed by atoms with van der Waals surface area (Å²) < 4.78 is 15.0. The standard InChI is InChI=1S/C28H32ClN9O3/c1-36-25-24(29)23(41-22(14-30)21-15-31-5-6-32-21)16-33-26(25)35-28(36)34-20-13-19(18-3-4-18)17-38(27(20)39)8-2-7-37-9-11-40-12-10-37/h5-6,13-18H,2-4,7-12,30H2,1H3,(H,33,34,35)/b22-14+. The Hall–Kier alpha value is -4.00. The summed E-state index contributed by atoms with van der Waals surface area (Å²) in [4.78, 5) is 33.3. The molecule has 0 unspecified atom stereocenters. The molecule has 214 valence electrons. The molecule has 2 fully saturated rings. The number of rotatable bonds is 10. The van der Waals surface area contributed by atoms with Crippen molar-refractivity contribution in [2.45, 2.75) is 31.7 Å². The number of nitrogens with zero attached hydrogens (tertiary/aromatic N) is 7. The highest BCUT2D eigenvalue weighted by molar-refractivity contribution is 6.36. The van der Waals surface area contributed by atoms with E-state index >= 15 is 0 Å². The van der Waals surface area contributed by atoms with Crippen molar-refractivity contribution in [3.05, 3.63) is 69.9 Å². The van der Waals surface area contributed by atoms with Crippen LogP contribution < -0.4 is 21.3 Å². The summed E-state index contributed by atoms with van der Waals surface area (Å²) in [7, 11) is 1.81. The highest BCUT2D eigenvalue weighted by Gasteiger charge is 2.26. The summed E-state index contributed by atoms with van der Waals surface area (Å²) in [6.45, 7) is 4.98. The summed E-state index contributed by atoms with van der Waals surface area (Å²) >= 11 is 6.77. The van der Waals surface area contributed by atoms with Gasteiger partial charge in [0.1, 0.15) is 21.9 Å². The average Bonchev–Trinajstić information content (AvgIpc) is 3.80. The van der Waals surface area contributed by atoms with Crippen molar-refractivity contribution in [1.29, 1.82) is 0 Å². The number of fused-ring (bicyclic) bond motifs is 1. The number of hydrogen-bond donors (Lipinski definition) is 2. The predicted octanol–water partition coefficient (Wildman–Crippen LogP) is 3.25. The second kappa shape index (κ2) is 11.9.